The van der Waals surface area contributed by atoms with E-state index >= 15 is 0 Å². The molecule has 15 fully saturated rings. The fraction of sp³-hybridized carbons (Fsp3) is 0.893. The van der Waals surface area contributed by atoms with E-state index in [9.17, 15) is 24.0 Å². The molecule has 5 amide bonds. The zero-order chi connectivity index (χ0) is 83.4. The Bertz CT molecular complexity index is 2860. The SMILES string of the molecule is CC(C)(OC(=O)N(C1CCCCC1)C1CCCCC1)c1ccccc1.CCC(C)(C)OC(=O)N(C1CCCCC1)C1CCCCC1.CCC(CC)(CC)OC(=O)N(C1CCCCC1)C1CCCCC1.CCC1(OC(=O)N(C2CCCCC2)C2CCCCC2)CCCC1.O=C(OC12CC3CC(CC(C3)C1)C2)N(C1CCCCC1)C1CCCCC1. The lowest BCUT2D eigenvalue weighted by Crippen LogP contribution is -2.56. The molecule has 15 aliphatic rings. The van der Waals surface area contributed by atoms with Crippen LogP contribution < -0.4 is 0 Å². The molecule has 15 saturated carbocycles. The standard InChI is InChI=1S/C23H37NO2.C22H33NO2.C20H35NO2.C20H37NO2.C18H33NO2/c25-22(26-23-14-17-11-18(15-23)13-19(12-17)16-23)24(20-7-3-1-4-8-20)21-9-5-2-6-10-21;1-22(2,18-12-6-3-7-13-18)25-21(24)23(19-14-8-4-9-15-19)20-16-10-5-11-17-20;1-2-20(15-9-10-16-20)23-19(22)21(17-11-5-3-6-12-17)18-13-7-4-8-14-18;1-4-20(5-2,6-3)23-19(22)21(17-13-9-7-10-14-17)18-15-11-8-12-16-18;1-4-18(2,3)21-17(20)19(15-11-7-5-8-12-15)16-13-9-6-10-14-16/h17-21H,1-16H2;3,6-7,12-13,19-20H,4-5,8-11,14-17H2,1-2H3;17-18H,2-16H2,1H3;17-18H,4-16H2,1-3H3;15-16H,4-14H2,1-3H3. The number of carbonyl (C=O) groups is 5. The lowest BCUT2D eigenvalue weighted by molar-refractivity contribution is -0.138. The molecular weight excluding hydrogens is 1470 g/mol. The normalized spacial score (nSPS) is 26.4. The molecule has 672 valence electrons. The van der Waals surface area contributed by atoms with Gasteiger partial charge in [0.15, 0.2) is 0 Å². The third-order valence-corrected chi connectivity index (χ3v) is 32.7. The van der Waals surface area contributed by atoms with E-state index in [1.807, 2.05) is 58.0 Å². The molecule has 0 saturated heterocycles. The number of hydrogen-bond donors (Lipinski definition) is 0. The monoisotopic (exact) mass is 1640 g/mol. The van der Waals surface area contributed by atoms with Gasteiger partial charge in [0.25, 0.3) is 0 Å². The van der Waals surface area contributed by atoms with Crippen molar-refractivity contribution in [2.75, 3.05) is 0 Å². The highest BCUT2D eigenvalue weighted by Crippen LogP contribution is 2.58. The van der Waals surface area contributed by atoms with Crippen LogP contribution in [0.4, 0.5) is 24.0 Å². The molecule has 0 N–H and O–H groups in total. The summed E-state index contributed by atoms with van der Waals surface area (Å²) in [5.74, 6) is 2.52. The van der Waals surface area contributed by atoms with Gasteiger partial charge in [-0.1, -0.05) is 258 Å². The number of nitrogens with zero attached hydrogens (tertiary/aromatic N) is 5. The first-order valence-corrected chi connectivity index (χ1v) is 51.3. The van der Waals surface area contributed by atoms with Crippen molar-refractivity contribution in [3.8, 4) is 0 Å². The average molecular weight is 1640 g/mol. The molecule has 0 aromatic heterocycles. The molecule has 1 aromatic carbocycles. The molecular formula is C103H175N5O10. The Morgan fingerprint density at radius 3 is 0.805 bits per heavy atom. The van der Waals surface area contributed by atoms with Gasteiger partial charge in [0.2, 0.25) is 0 Å². The van der Waals surface area contributed by atoms with E-state index in [1.54, 1.807) is 0 Å². The highest BCUT2D eigenvalue weighted by atomic mass is 16.6. The number of carbonyl (C=O) groups excluding carboxylic acids is 5. The van der Waals surface area contributed by atoms with Crippen molar-refractivity contribution in [1.29, 1.82) is 0 Å². The Morgan fingerprint density at radius 2 is 0.551 bits per heavy atom. The highest BCUT2D eigenvalue weighted by Gasteiger charge is 2.55. The summed E-state index contributed by atoms with van der Waals surface area (Å²) in [5, 5.41) is 0. The molecule has 0 atom stereocenters. The maximum atomic E-state index is 13.5. The van der Waals surface area contributed by atoms with Crippen LogP contribution in [-0.2, 0) is 29.3 Å². The van der Waals surface area contributed by atoms with Gasteiger partial charge in [-0.3, -0.25) is 0 Å². The van der Waals surface area contributed by atoms with E-state index < -0.39 is 5.60 Å². The minimum atomic E-state index is -0.597. The quantitative estimate of drug-likeness (QED) is 0.109. The summed E-state index contributed by atoms with van der Waals surface area (Å²) in [4.78, 5) is 76.9. The first-order valence-electron chi connectivity index (χ1n) is 51.3. The molecule has 0 radical (unpaired) electrons. The number of amides is 5. The first-order chi connectivity index (χ1) is 57.2. The molecule has 0 aliphatic heterocycles. The Morgan fingerprint density at radius 1 is 0.305 bits per heavy atom. The van der Waals surface area contributed by atoms with Crippen molar-refractivity contribution in [3.05, 3.63) is 35.9 Å². The summed E-state index contributed by atoms with van der Waals surface area (Å²) >= 11 is 0. The average Bonchev–Trinajstić information content (AvgIpc) is 0.845. The predicted octanol–water partition coefficient (Wildman–Crippen LogP) is 29.2. The van der Waals surface area contributed by atoms with Crippen LogP contribution in [0.2, 0.25) is 0 Å². The second-order valence-electron chi connectivity index (χ2n) is 41.9. The number of rotatable bonds is 21. The molecule has 15 heteroatoms. The van der Waals surface area contributed by atoms with Gasteiger partial charge < -0.3 is 48.2 Å². The highest BCUT2D eigenvalue weighted by molar-refractivity contribution is 5.71. The second-order valence-corrected chi connectivity index (χ2v) is 41.9. The number of hydrogen-bond acceptors (Lipinski definition) is 10. The molecule has 4 bridgehead atoms. The molecule has 15 nitrogen and oxygen atoms in total. The third-order valence-electron chi connectivity index (χ3n) is 32.7. The fourth-order valence-electron chi connectivity index (χ4n) is 25.5. The molecule has 1 aromatic rings. The minimum Gasteiger partial charge on any atom is -0.443 e. The van der Waals surface area contributed by atoms with Gasteiger partial charge in [-0.15, -0.1) is 0 Å². The predicted molar refractivity (Wildman–Crippen MR) is 480 cm³/mol. The van der Waals surface area contributed by atoms with Crippen LogP contribution in [0.25, 0.3) is 0 Å². The lowest BCUT2D eigenvalue weighted by atomic mass is 9.54. The molecule has 15 aliphatic carbocycles. The first kappa shape index (κ1) is 94.3. The van der Waals surface area contributed by atoms with Gasteiger partial charge in [-0.05, 0) is 276 Å². The van der Waals surface area contributed by atoms with Crippen molar-refractivity contribution in [2.45, 2.75) is 568 Å². The molecule has 16 rings (SSSR count). The van der Waals surface area contributed by atoms with Crippen LogP contribution in [0.1, 0.15) is 485 Å². The van der Waals surface area contributed by atoms with Gasteiger partial charge in [0.1, 0.15) is 28.0 Å². The van der Waals surface area contributed by atoms with Crippen LogP contribution in [0.15, 0.2) is 30.3 Å². The van der Waals surface area contributed by atoms with Crippen molar-refractivity contribution in [2.24, 2.45) is 17.8 Å². The Labute approximate surface area is 720 Å². The van der Waals surface area contributed by atoms with Crippen LogP contribution in [0.5, 0.6) is 0 Å². The van der Waals surface area contributed by atoms with E-state index in [1.165, 1.54) is 302 Å². The van der Waals surface area contributed by atoms with Crippen molar-refractivity contribution in [3.63, 3.8) is 0 Å². The molecule has 0 heterocycles. The van der Waals surface area contributed by atoms with E-state index in [-0.39, 0.29) is 52.9 Å². The van der Waals surface area contributed by atoms with E-state index in [0.717, 1.165) is 139 Å². The summed E-state index contributed by atoms with van der Waals surface area (Å²) in [6.07, 6.45) is 78.8. The van der Waals surface area contributed by atoms with Crippen molar-refractivity contribution in [1.82, 2.24) is 24.5 Å². The maximum Gasteiger partial charge on any atom is 0.411 e. The summed E-state index contributed by atoms with van der Waals surface area (Å²) in [7, 11) is 0. The van der Waals surface area contributed by atoms with Gasteiger partial charge in [0, 0.05) is 60.4 Å². The van der Waals surface area contributed by atoms with Crippen molar-refractivity contribution < 1.29 is 47.7 Å². The molecule has 0 spiro atoms. The van der Waals surface area contributed by atoms with E-state index in [2.05, 4.69) is 59.1 Å². The molecule has 0 unspecified atom stereocenters. The second kappa shape index (κ2) is 47.1. The number of benzene rings is 1. The number of ether oxygens (including phenoxy) is 5. The largest absolute Gasteiger partial charge is 0.443 e. The summed E-state index contributed by atoms with van der Waals surface area (Å²) < 4.78 is 30.8. The third kappa shape index (κ3) is 26.8. The van der Waals surface area contributed by atoms with Gasteiger partial charge in [-0.2, -0.15) is 0 Å². The van der Waals surface area contributed by atoms with Gasteiger partial charge >= 0.3 is 30.5 Å². The molecule has 118 heavy (non-hydrogen) atoms. The Hall–Kier alpha value is -4.43. The lowest BCUT2D eigenvalue weighted by Gasteiger charge is -2.56. The van der Waals surface area contributed by atoms with Crippen LogP contribution in [-0.4, -0.2) is 138 Å². The smallest absolute Gasteiger partial charge is 0.411 e. The zero-order valence-corrected chi connectivity index (χ0v) is 77.2. The summed E-state index contributed by atoms with van der Waals surface area (Å²) in [6, 6.07) is 14.3. The van der Waals surface area contributed by atoms with Gasteiger partial charge in [-0.25, -0.2) is 24.0 Å². The van der Waals surface area contributed by atoms with Crippen molar-refractivity contribution >= 4 is 30.5 Å². The van der Waals surface area contributed by atoms with Crippen LogP contribution >= 0.6 is 0 Å². The van der Waals surface area contributed by atoms with Gasteiger partial charge in [0.05, 0.1) is 0 Å². The van der Waals surface area contributed by atoms with Crippen LogP contribution in [0.3, 0.4) is 0 Å². The Balaban J connectivity index is 0.000000145. The van der Waals surface area contributed by atoms with Crippen LogP contribution in [0, 0.1) is 17.8 Å². The topological polar surface area (TPSA) is 148 Å². The zero-order valence-electron chi connectivity index (χ0n) is 77.2. The Kier molecular flexibility index (Phi) is 37.6. The fourth-order valence-corrected chi connectivity index (χ4v) is 25.5. The summed E-state index contributed by atoms with van der Waals surface area (Å²) in [5.41, 5.74) is -0.404. The summed E-state index contributed by atoms with van der Waals surface area (Å²) in [6.45, 7) is 18.7. The minimum absolute atomic E-state index is 0.0191. The maximum absolute atomic E-state index is 13.5. The van der Waals surface area contributed by atoms with E-state index in [4.69, 9.17) is 23.7 Å². The van der Waals surface area contributed by atoms with E-state index in [0.29, 0.717) is 60.4 Å².